The van der Waals surface area contributed by atoms with Crippen LogP contribution in [0.4, 0.5) is 0 Å². The van der Waals surface area contributed by atoms with Crippen LogP contribution in [-0.4, -0.2) is 26.1 Å². The van der Waals surface area contributed by atoms with Crippen molar-refractivity contribution in [1.82, 2.24) is 5.32 Å². The molecule has 1 amide bonds. The number of hydrogen-bond donors (Lipinski definition) is 2. The normalized spacial score (nSPS) is 10.5. The molecule has 0 aliphatic rings. The molecular formula is C13H18N2O2. The molecule has 0 bridgehead atoms. The van der Waals surface area contributed by atoms with Crippen LogP contribution in [0.3, 0.4) is 0 Å². The van der Waals surface area contributed by atoms with Crippen LogP contribution in [0.2, 0.25) is 0 Å². The number of carbonyl (C=O) groups excluding carboxylic acids is 1. The monoisotopic (exact) mass is 234 g/mol. The summed E-state index contributed by atoms with van der Waals surface area (Å²) in [7, 11) is 1.62. The Balaban J connectivity index is 2.43. The lowest BCUT2D eigenvalue weighted by molar-refractivity contribution is -0.116. The lowest BCUT2D eigenvalue weighted by Crippen LogP contribution is -2.23. The molecular weight excluding hydrogens is 216 g/mol. The molecule has 4 nitrogen and oxygen atoms in total. The van der Waals surface area contributed by atoms with Gasteiger partial charge in [-0.2, -0.15) is 0 Å². The van der Waals surface area contributed by atoms with Gasteiger partial charge in [0, 0.05) is 12.6 Å². The summed E-state index contributed by atoms with van der Waals surface area (Å²) in [6, 6.07) is 7.49. The third kappa shape index (κ3) is 5.17. The van der Waals surface area contributed by atoms with Crippen molar-refractivity contribution in [3.05, 3.63) is 35.9 Å². The van der Waals surface area contributed by atoms with Gasteiger partial charge in [0.15, 0.2) is 0 Å². The molecule has 0 atom stereocenters. The van der Waals surface area contributed by atoms with E-state index in [2.05, 4.69) is 5.32 Å². The van der Waals surface area contributed by atoms with Crippen LogP contribution in [-0.2, 0) is 4.79 Å². The fourth-order valence-corrected chi connectivity index (χ4v) is 1.26. The van der Waals surface area contributed by atoms with Crippen LogP contribution in [0, 0.1) is 0 Å². The zero-order valence-corrected chi connectivity index (χ0v) is 9.98. The molecule has 0 radical (unpaired) electrons. The molecule has 92 valence electrons. The van der Waals surface area contributed by atoms with Gasteiger partial charge in [0.1, 0.15) is 5.75 Å². The highest BCUT2D eigenvalue weighted by Crippen LogP contribution is 2.11. The van der Waals surface area contributed by atoms with Crippen LogP contribution in [0.25, 0.3) is 6.08 Å². The Labute approximate surface area is 101 Å². The number of rotatable bonds is 6. The van der Waals surface area contributed by atoms with Crippen molar-refractivity contribution in [2.45, 2.75) is 6.42 Å². The number of methoxy groups -OCH3 is 1. The molecule has 0 unspecified atom stereocenters. The van der Waals surface area contributed by atoms with Crippen LogP contribution in [0.1, 0.15) is 12.0 Å². The van der Waals surface area contributed by atoms with E-state index in [9.17, 15) is 4.79 Å². The average Bonchev–Trinajstić information content (AvgIpc) is 2.37. The first kappa shape index (κ1) is 13.3. The SMILES string of the molecule is COc1ccc(C=CC(=O)NCCCN)cc1. The van der Waals surface area contributed by atoms with E-state index in [-0.39, 0.29) is 5.91 Å². The first-order valence-electron chi connectivity index (χ1n) is 5.56. The Bertz CT molecular complexity index is 372. The maximum Gasteiger partial charge on any atom is 0.243 e. The van der Waals surface area contributed by atoms with E-state index < -0.39 is 0 Å². The van der Waals surface area contributed by atoms with Crippen LogP contribution >= 0.6 is 0 Å². The maximum atomic E-state index is 11.4. The van der Waals surface area contributed by atoms with E-state index in [1.165, 1.54) is 6.08 Å². The van der Waals surface area contributed by atoms with Crippen molar-refractivity contribution in [1.29, 1.82) is 0 Å². The minimum absolute atomic E-state index is 0.103. The first-order valence-corrected chi connectivity index (χ1v) is 5.56. The molecule has 3 N–H and O–H groups in total. The second-order valence-corrected chi connectivity index (χ2v) is 3.54. The highest BCUT2D eigenvalue weighted by molar-refractivity contribution is 5.91. The van der Waals surface area contributed by atoms with Gasteiger partial charge >= 0.3 is 0 Å². The molecule has 0 aliphatic carbocycles. The molecule has 0 saturated heterocycles. The summed E-state index contributed by atoms with van der Waals surface area (Å²) in [6.45, 7) is 1.20. The molecule has 1 aromatic rings. The van der Waals surface area contributed by atoms with Crippen LogP contribution in [0.5, 0.6) is 5.75 Å². The lowest BCUT2D eigenvalue weighted by atomic mass is 10.2. The molecule has 0 aromatic heterocycles. The van der Waals surface area contributed by atoms with E-state index in [1.54, 1.807) is 13.2 Å². The molecule has 0 saturated carbocycles. The first-order chi connectivity index (χ1) is 8.26. The zero-order valence-electron chi connectivity index (χ0n) is 9.98. The van der Waals surface area contributed by atoms with Gasteiger partial charge in [-0.1, -0.05) is 12.1 Å². The Morgan fingerprint density at radius 3 is 2.71 bits per heavy atom. The predicted molar refractivity (Wildman–Crippen MR) is 68.7 cm³/mol. The van der Waals surface area contributed by atoms with Gasteiger partial charge in [-0.3, -0.25) is 4.79 Å². The number of benzene rings is 1. The van der Waals surface area contributed by atoms with Crippen molar-refractivity contribution >= 4 is 12.0 Å². The Morgan fingerprint density at radius 1 is 1.41 bits per heavy atom. The molecule has 4 heteroatoms. The van der Waals surface area contributed by atoms with E-state index in [4.69, 9.17) is 10.5 Å². The summed E-state index contributed by atoms with van der Waals surface area (Å²) >= 11 is 0. The Hall–Kier alpha value is -1.81. The third-order valence-corrected chi connectivity index (χ3v) is 2.22. The second-order valence-electron chi connectivity index (χ2n) is 3.54. The van der Waals surface area contributed by atoms with Gasteiger partial charge in [-0.15, -0.1) is 0 Å². The number of nitrogens with two attached hydrogens (primary N) is 1. The smallest absolute Gasteiger partial charge is 0.243 e. The number of ether oxygens (including phenoxy) is 1. The summed E-state index contributed by atoms with van der Waals surface area (Å²) in [5, 5.41) is 2.75. The lowest BCUT2D eigenvalue weighted by Gasteiger charge is -2.00. The second kappa shape index (κ2) is 7.46. The molecule has 0 fully saturated rings. The van der Waals surface area contributed by atoms with Gasteiger partial charge in [-0.25, -0.2) is 0 Å². The minimum Gasteiger partial charge on any atom is -0.497 e. The zero-order chi connectivity index (χ0) is 12.5. The summed E-state index contributed by atoms with van der Waals surface area (Å²) in [5.41, 5.74) is 6.28. The van der Waals surface area contributed by atoms with Crippen molar-refractivity contribution < 1.29 is 9.53 Å². The molecule has 1 rings (SSSR count). The minimum atomic E-state index is -0.103. The molecule has 0 aliphatic heterocycles. The summed E-state index contributed by atoms with van der Waals surface area (Å²) in [6.07, 6.45) is 4.07. The number of hydrogen-bond acceptors (Lipinski definition) is 3. The summed E-state index contributed by atoms with van der Waals surface area (Å²) in [4.78, 5) is 11.4. The highest BCUT2D eigenvalue weighted by atomic mass is 16.5. The fraction of sp³-hybridized carbons (Fsp3) is 0.308. The highest BCUT2D eigenvalue weighted by Gasteiger charge is 1.94. The van der Waals surface area contributed by atoms with Crippen molar-refractivity contribution in [3.8, 4) is 5.75 Å². The van der Waals surface area contributed by atoms with Crippen molar-refractivity contribution in [2.75, 3.05) is 20.2 Å². The van der Waals surface area contributed by atoms with Gasteiger partial charge in [0.25, 0.3) is 0 Å². The largest absolute Gasteiger partial charge is 0.497 e. The Morgan fingerprint density at radius 2 is 2.12 bits per heavy atom. The van der Waals surface area contributed by atoms with Gasteiger partial charge in [0.05, 0.1) is 7.11 Å². The molecule has 17 heavy (non-hydrogen) atoms. The number of nitrogens with one attached hydrogen (secondary N) is 1. The van der Waals surface area contributed by atoms with Crippen LogP contribution in [0.15, 0.2) is 30.3 Å². The third-order valence-electron chi connectivity index (χ3n) is 2.22. The molecule has 1 aromatic carbocycles. The summed E-state index contributed by atoms with van der Waals surface area (Å²) in [5.74, 6) is 0.698. The predicted octanol–water partition coefficient (Wildman–Crippen LogP) is 1.17. The standard InChI is InChI=1S/C13H18N2O2/c1-17-12-6-3-11(4-7-12)5-8-13(16)15-10-2-9-14/h3-8H,2,9-10,14H2,1H3,(H,15,16). The number of carbonyl (C=O) groups is 1. The van der Waals surface area contributed by atoms with E-state index in [0.29, 0.717) is 13.1 Å². The Kier molecular flexibility index (Phi) is 5.82. The maximum absolute atomic E-state index is 11.4. The fourth-order valence-electron chi connectivity index (χ4n) is 1.26. The molecule has 0 spiro atoms. The molecule has 0 heterocycles. The van der Waals surface area contributed by atoms with E-state index >= 15 is 0 Å². The van der Waals surface area contributed by atoms with E-state index in [1.807, 2.05) is 24.3 Å². The van der Waals surface area contributed by atoms with E-state index in [0.717, 1.165) is 17.7 Å². The number of amides is 1. The summed E-state index contributed by atoms with van der Waals surface area (Å²) < 4.78 is 5.05. The topological polar surface area (TPSA) is 64.3 Å². The van der Waals surface area contributed by atoms with Gasteiger partial charge < -0.3 is 15.8 Å². The van der Waals surface area contributed by atoms with Crippen LogP contribution < -0.4 is 15.8 Å². The van der Waals surface area contributed by atoms with Crippen molar-refractivity contribution in [2.24, 2.45) is 5.73 Å². The van der Waals surface area contributed by atoms with Gasteiger partial charge in [-0.05, 0) is 36.7 Å². The average molecular weight is 234 g/mol. The quantitative estimate of drug-likeness (QED) is 0.573. The van der Waals surface area contributed by atoms with Gasteiger partial charge in [0.2, 0.25) is 5.91 Å². The van der Waals surface area contributed by atoms with Crippen molar-refractivity contribution in [3.63, 3.8) is 0 Å².